The van der Waals surface area contributed by atoms with Crippen molar-refractivity contribution in [2.24, 2.45) is 4.99 Å². The number of nitrogens with zero attached hydrogens (tertiary/aromatic N) is 4. The minimum atomic E-state index is 0.141. The molecule has 7 nitrogen and oxygen atoms in total. The highest BCUT2D eigenvalue weighted by Gasteiger charge is 2.21. The third-order valence-corrected chi connectivity index (χ3v) is 5.16. The van der Waals surface area contributed by atoms with Gasteiger partial charge in [-0.3, -0.25) is 4.79 Å². The van der Waals surface area contributed by atoms with Crippen LogP contribution in [0, 0.1) is 0 Å². The van der Waals surface area contributed by atoms with Crippen molar-refractivity contribution in [2.75, 3.05) is 32.7 Å². The molecule has 0 radical (unpaired) electrons. The first kappa shape index (κ1) is 19.5. The van der Waals surface area contributed by atoms with Crippen LogP contribution in [0.25, 0.3) is 0 Å². The van der Waals surface area contributed by atoms with Gasteiger partial charge >= 0.3 is 0 Å². The van der Waals surface area contributed by atoms with Gasteiger partial charge in [0, 0.05) is 51.9 Å². The van der Waals surface area contributed by atoms with Crippen molar-refractivity contribution in [3.05, 3.63) is 23.9 Å². The number of guanidine groups is 1. The van der Waals surface area contributed by atoms with E-state index in [4.69, 9.17) is 9.73 Å². The number of aliphatic imine (C=N–C) groups is 1. The monoisotopic (exact) mass is 373 g/mol. The van der Waals surface area contributed by atoms with Crippen LogP contribution in [0.3, 0.4) is 0 Å². The first-order valence-electron chi connectivity index (χ1n) is 10.1. The number of rotatable bonds is 5. The molecule has 1 aromatic rings. The normalized spacial score (nSPS) is 18.7. The van der Waals surface area contributed by atoms with E-state index in [0.29, 0.717) is 18.5 Å². The highest BCUT2D eigenvalue weighted by molar-refractivity contribution is 5.80. The van der Waals surface area contributed by atoms with Gasteiger partial charge in [-0.05, 0) is 38.2 Å². The summed E-state index contributed by atoms with van der Waals surface area (Å²) in [7, 11) is 0. The van der Waals surface area contributed by atoms with E-state index in [0.717, 1.165) is 57.1 Å². The summed E-state index contributed by atoms with van der Waals surface area (Å²) in [6.07, 6.45) is 6.96. The maximum absolute atomic E-state index is 11.5. The van der Waals surface area contributed by atoms with Gasteiger partial charge in [0.25, 0.3) is 0 Å². The number of carbonyl (C=O) groups is 1. The number of hydrogen-bond acceptors (Lipinski definition) is 4. The molecule has 2 heterocycles. The Bertz CT molecular complexity index is 632. The molecular formula is C20H31N5O2. The molecule has 1 N–H and O–H groups in total. The molecule has 1 aromatic heterocycles. The van der Waals surface area contributed by atoms with Crippen LogP contribution >= 0.6 is 0 Å². The Balaban J connectivity index is 1.55. The minimum absolute atomic E-state index is 0.141. The second kappa shape index (κ2) is 9.58. The molecule has 0 unspecified atom stereocenters. The molecule has 0 aromatic carbocycles. The highest BCUT2D eigenvalue weighted by Crippen LogP contribution is 2.22. The van der Waals surface area contributed by atoms with Crippen molar-refractivity contribution in [3.63, 3.8) is 0 Å². The van der Waals surface area contributed by atoms with Crippen LogP contribution in [0.5, 0.6) is 5.88 Å². The van der Waals surface area contributed by atoms with Gasteiger partial charge in [-0.1, -0.05) is 6.07 Å². The minimum Gasteiger partial charge on any atom is -0.474 e. The Labute approximate surface area is 161 Å². The summed E-state index contributed by atoms with van der Waals surface area (Å²) in [6, 6.07) is 3.99. The van der Waals surface area contributed by atoms with E-state index >= 15 is 0 Å². The van der Waals surface area contributed by atoms with Crippen LogP contribution in [-0.2, 0) is 11.3 Å². The molecule has 0 atom stereocenters. The van der Waals surface area contributed by atoms with Gasteiger partial charge in [0.2, 0.25) is 11.8 Å². The summed E-state index contributed by atoms with van der Waals surface area (Å²) in [5.74, 6) is 1.75. The second-order valence-corrected chi connectivity index (χ2v) is 7.19. The average Bonchev–Trinajstić information content (AvgIpc) is 3.19. The van der Waals surface area contributed by atoms with Crippen molar-refractivity contribution >= 4 is 11.9 Å². The van der Waals surface area contributed by atoms with Crippen molar-refractivity contribution in [2.45, 2.75) is 52.2 Å². The number of amides is 1. The predicted octanol–water partition coefficient (Wildman–Crippen LogP) is 2.03. The van der Waals surface area contributed by atoms with Crippen LogP contribution in [0.15, 0.2) is 23.3 Å². The SMILES string of the molecule is CCNC(=NCc1ccc(OC2CCCC2)nc1)N1CCN(C(C)=O)CC1. The first-order valence-corrected chi connectivity index (χ1v) is 10.1. The third kappa shape index (κ3) is 5.58. The van der Waals surface area contributed by atoms with Crippen LogP contribution in [0.4, 0.5) is 0 Å². The summed E-state index contributed by atoms with van der Waals surface area (Å²) in [5.41, 5.74) is 1.06. The smallest absolute Gasteiger partial charge is 0.219 e. The molecule has 3 rings (SSSR count). The van der Waals surface area contributed by atoms with E-state index in [2.05, 4.69) is 22.1 Å². The fourth-order valence-electron chi connectivity index (χ4n) is 3.58. The quantitative estimate of drug-likeness (QED) is 0.632. The fraction of sp³-hybridized carbons (Fsp3) is 0.650. The van der Waals surface area contributed by atoms with Crippen molar-refractivity contribution < 1.29 is 9.53 Å². The van der Waals surface area contributed by atoms with Crippen molar-refractivity contribution in [3.8, 4) is 5.88 Å². The molecule has 148 valence electrons. The van der Waals surface area contributed by atoms with Crippen LogP contribution < -0.4 is 10.1 Å². The van der Waals surface area contributed by atoms with E-state index < -0.39 is 0 Å². The van der Waals surface area contributed by atoms with E-state index in [-0.39, 0.29) is 5.91 Å². The second-order valence-electron chi connectivity index (χ2n) is 7.19. The Morgan fingerprint density at radius 1 is 1.22 bits per heavy atom. The van der Waals surface area contributed by atoms with Crippen molar-refractivity contribution in [1.82, 2.24) is 20.1 Å². The first-order chi connectivity index (χ1) is 13.2. The summed E-state index contributed by atoms with van der Waals surface area (Å²) in [6.45, 7) is 8.18. The molecule has 1 amide bonds. The molecule has 7 heteroatoms. The molecule has 2 aliphatic rings. The Hall–Kier alpha value is -2.31. The standard InChI is InChI=1S/C20H31N5O2/c1-3-21-20(25-12-10-24(11-13-25)16(2)26)23-15-17-8-9-19(22-14-17)27-18-6-4-5-7-18/h8-9,14,18H,3-7,10-13,15H2,1-2H3,(H,21,23). The number of aromatic nitrogens is 1. The average molecular weight is 374 g/mol. The Morgan fingerprint density at radius 2 is 1.93 bits per heavy atom. The van der Waals surface area contributed by atoms with Crippen LogP contribution in [0.2, 0.25) is 0 Å². The van der Waals surface area contributed by atoms with E-state index in [1.807, 2.05) is 23.2 Å². The number of hydrogen-bond donors (Lipinski definition) is 1. The van der Waals surface area contributed by atoms with Gasteiger partial charge in [-0.25, -0.2) is 9.98 Å². The van der Waals surface area contributed by atoms with Gasteiger partial charge in [0.05, 0.1) is 6.54 Å². The number of carbonyl (C=O) groups excluding carboxylic acids is 1. The van der Waals surface area contributed by atoms with Gasteiger partial charge < -0.3 is 19.9 Å². The lowest BCUT2D eigenvalue weighted by atomic mass is 10.3. The molecule has 1 aliphatic heterocycles. The number of nitrogens with one attached hydrogen (secondary N) is 1. The van der Waals surface area contributed by atoms with Gasteiger partial charge in [0.1, 0.15) is 6.10 Å². The number of ether oxygens (including phenoxy) is 1. The van der Waals surface area contributed by atoms with Gasteiger partial charge in [-0.15, -0.1) is 0 Å². The molecule has 1 saturated carbocycles. The van der Waals surface area contributed by atoms with E-state index in [9.17, 15) is 4.79 Å². The van der Waals surface area contributed by atoms with Crippen LogP contribution in [-0.4, -0.2) is 65.5 Å². The lowest BCUT2D eigenvalue weighted by Crippen LogP contribution is -2.53. The van der Waals surface area contributed by atoms with Crippen molar-refractivity contribution in [1.29, 1.82) is 0 Å². The summed E-state index contributed by atoms with van der Waals surface area (Å²) in [4.78, 5) is 24.8. The predicted molar refractivity (Wildman–Crippen MR) is 106 cm³/mol. The molecule has 1 saturated heterocycles. The van der Waals surface area contributed by atoms with E-state index in [1.165, 1.54) is 12.8 Å². The third-order valence-electron chi connectivity index (χ3n) is 5.16. The zero-order chi connectivity index (χ0) is 19.1. The highest BCUT2D eigenvalue weighted by atomic mass is 16.5. The Kier molecular flexibility index (Phi) is 6.90. The zero-order valence-electron chi connectivity index (χ0n) is 16.5. The van der Waals surface area contributed by atoms with Crippen LogP contribution in [0.1, 0.15) is 45.1 Å². The maximum Gasteiger partial charge on any atom is 0.219 e. The topological polar surface area (TPSA) is 70.1 Å². The molecule has 0 spiro atoms. The van der Waals surface area contributed by atoms with E-state index in [1.54, 1.807) is 6.92 Å². The maximum atomic E-state index is 11.5. The largest absolute Gasteiger partial charge is 0.474 e. The lowest BCUT2D eigenvalue weighted by Gasteiger charge is -2.36. The Morgan fingerprint density at radius 3 is 2.52 bits per heavy atom. The summed E-state index contributed by atoms with van der Waals surface area (Å²) < 4.78 is 5.92. The molecule has 27 heavy (non-hydrogen) atoms. The number of piperazine rings is 1. The summed E-state index contributed by atoms with van der Waals surface area (Å²) >= 11 is 0. The molecule has 1 aliphatic carbocycles. The van der Waals surface area contributed by atoms with Gasteiger partial charge in [-0.2, -0.15) is 0 Å². The fourth-order valence-corrected chi connectivity index (χ4v) is 3.58. The zero-order valence-corrected chi connectivity index (χ0v) is 16.5. The number of pyridine rings is 1. The van der Waals surface area contributed by atoms with Gasteiger partial charge in [0.15, 0.2) is 5.96 Å². The lowest BCUT2D eigenvalue weighted by molar-refractivity contribution is -0.130. The molecule has 2 fully saturated rings. The molecular weight excluding hydrogens is 342 g/mol. The molecule has 0 bridgehead atoms. The summed E-state index contributed by atoms with van der Waals surface area (Å²) in [5, 5.41) is 3.35.